The van der Waals surface area contributed by atoms with Crippen LogP contribution in [0.2, 0.25) is 0 Å². The molecule has 1 aromatic rings. The van der Waals surface area contributed by atoms with Crippen LogP contribution in [0.15, 0.2) is 18.2 Å². The van der Waals surface area contributed by atoms with E-state index in [9.17, 15) is 12.8 Å². The van der Waals surface area contributed by atoms with Crippen molar-refractivity contribution in [2.45, 2.75) is 24.6 Å². The monoisotopic (exact) mass is 290 g/mol. The summed E-state index contributed by atoms with van der Waals surface area (Å²) in [6.45, 7) is 3.07. The van der Waals surface area contributed by atoms with Gasteiger partial charge in [-0.15, -0.1) is 0 Å². The molecule has 0 aliphatic heterocycles. The number of hydrazine groups is 1. The van der Waals surface area contributed by atoms with Gasteiger partial charge in [0, 0.05) is 6.26 Å². The van der Waals surface area contributed by atoms with Crippen LogP contribution in [0.3, 0.4) is 0 Å². The van der Waals surface area contributed by atoms with E-state index in [0.29, 0.717) is 5.56 Å². The van der Waals surface area contributed by atoms with E-state index >= 15 is 0 Å². The lowest BCUT2D eigenvalue weighted by Crippen LogP contribution is -2.47. The molecule has 1 unspecified atom stereocenters. The summed E-state index contributed by atoms with van der Waals surface area (Å²) in [5.41, 5.74) is 2.88. The van der Waals surface area contributed by atoms with E-state index in [1.54, 1.807) is 6.07 Å². The molecule has 1 aromatic carbocycles. The number of halogens is 1. The van der Waals surface area contributed by atoms with Crippen molar-refractivity contribution in [1.29, 1.82) is 0 Å². The predicted octanol–water partition coefficient (Wildman–Crippen LogP) is 1.16. The van der Waals surface area contributed by atoms with Gasteiger partial charge in [0.15, 0.2) is 21.4 Å². The maximum Gasteiger partial charge on any atom is 0.165 e. The molecule has 1 rings (SSSR count). The third kappa shape index (κ3) is 3.05. The van der Waals surface area contributed by atoms with Crippen LogP contribution in [0, 0.1) is 5.82 Å². The Balaban J connectivity index is 3.29. The Morgan fingerprint density at radius 3 is 2.37 bits per heavy atom. The van der Waals surface area contributed by atoms with Crippen LogP contribution in [0.4, 0.5) is 4.39 Å². The topological polar surface area (TPSA) is 81.4 Å². The minimum absolute atomic E-state index is 0.0942. The summed E-state index contributed by atoms with van der Waals surface area (Å²) in [6, 6.07) is 3.51. The van der Waals surface area contributed by atoms with Gasteiger partial charge >= 0.3 is 0 Å². The van der Waals surface area contributed by atoms with Crippen LogP contribution < -0.4 is 16.0 Å². The molecule has 0 aromatic heterocycles. The van der Waals surface area contributed by atoms with Gasteiger partial charge in [0.05, 0.1) is 17.9 Å². The number of ether oxygens (including phenoxy) is 1. The summed E-state index contributed by atoms with van der Waals surface area (Å²) < 4.78 is 41.0. The van der Waals surface area contributed by atoms with Gasteiger partial charge in [-0.2, -0.15) is 0 Å². The van der Waals surface area contributed by atoms with E-state index < -0.39 is 26.4 Å². The molecular weight excluding hydrogens is 271 g/mol. The number of hydrogen-bond donors (Lipinski definition) is 2. The highest BCUT2D eigenvalue weighted by Gasteiger charge is 2.39. The molecule has 0 fully saturated rings. The Kier molecular flexibility index (Phi) is 4.54. The Morgan fingerprint density at radius 1 is 1.42 bits per heavy atom. The molecule has 0 aliphatic rings. The third-order valence-electron chi connectivity index (χ3n) is 3.33. The van der Waals surface area contributed by atoms with Gasteiger partial charge < -0.3 is 4.74 Å². The van der Waals surface area contributed by atoms with E-state index in [-0.39, 0.29) is 5.75 Å². The average Bonchev–Trinajstić information content (AvgIpc) is 2.28. The number of nitrogens with two attached hydrogens (primary N) is 1. The van der Waals surface area contributed by atoms with E-state index in [1.807, 2.05) is 0 Å². The maximum absolute atomic E-state index is 13.7. The summed E-state index contributed by atoms with van der Waals surface area (Å²) >= 11 is 0. The molecule has 0 aliphatic carbocycles. The van der Waals surface area contributed by atoms with E-state index in [4.69, 9.17) is 10.6 Å². The molecule has 0 heterocycles. The van der Waals surface area contributed by atoms with Crippen molar-refractivity contribution in [2.75, 3.05) is 13.4 Å². The molecule has 1 atom stereocenters. The molecule has 19 heavy (non-hydrogen) atoms. The third-order valence-corrected chi connectivity index (χ3v) is 5.47. The fourth-order valence-electron chi connectivity index (χ4n) is 1.77. The number of nitrogens with one attached hydrogen (secondary N) is 1. The van der Waals surface area contributed by atoms with E-state index in [2.05, 4.69) is 5.43 Å². The molecule has 3 N–H and O–H groups in total. The van der Waals surface area contributed by atoms with Crippen molar-refractivity contribution < 1.29 is 17.5 Å². The average molecular weight is 290 g/mol. The van der Waals surface area contributed by atoms with Crippen molar-refractivity contribution in [3.8, 4) is 5.75 Å². The van der Waals surface area contributed by atoms with Crippen molar-refractivity contribution in [2.24, 2.45) is 5.84 Å². The molecule has 108 valence electrons. The lowest BCUT2D eigenvalue weighted by molar-refractivity contribution is 0.383. The highest BCUT2D eigenvalue weighted by Crippen LogP contribution is 2.33. The fourth-order valence-corrected chi connectivity index (χ4v) is 2.41. The number of methoxy groups -OCH3 is 1. The van der Waals surface area contributed by atoms with Gasteiger partial charge in [-0.3, -0.25) is 11.3 Å². The quantitative estimate of drug-likeness (QED) is 0.628. The first kappa shape index (κ1) is 15.9. The number of hydrogen-bond acceptors (Lipinski definition) is 5. The molecule has 7 heteroatoms. The summed E-state index contributed by atoms with van der Waals surface area (Å²) in [5, 5.41) is 0. The minimum Gasteiger partial charge on any atom is -0.494 e. The first-order valence-corrected chi connectivity index (χ1v) is 7.53. The number of sulfone groups is 1. The Morgan fingerprint density at radius 2 is 2.00 bits per heavy atom. The predicted molar refractivity (Wildman–Crippen MR) is 71.9 cm³/mol. The molecule has 0 amide bonds. The lowest BCUT2D eigenvalue weighted by atomic mass is 9.95. The summed E-state index contributed by atoms with van der Waals surface area (Å²) in [7, 11) is -2.03. The molecule has 5 nitrogen and oxygen atoms in total. The molecule has 0 saturated heterocycles. The molecule has 0 spiro atoms. The molecule has 0 radical (unpaired) electrons. The fraction of sp³-hybridized carbons (Fsp3) is 0.500. The number of rotatable bonds is 5. The summed E-state index contributed by atoms with van der Waals surface area (Å²) in [6.07, 6.45) is 1.12. The Hall–Kier alpha value is -1.18. The molecule has 0 saturated carbocycles. The standard InChI is InChI=1S/C12H19FN2O3S/c1-12(2,19(4,16)17)11(15-14)8-5-6-10(18-3)9(13)7-8/h5-7,11,15H,14H2,1-4H3. The van der Waals surface area contributed by atoms with Gasteiger partial charge in [0.2, 0.25) is 0 Å². The Labute approximate surface area is 112 Å². The van der Waals surface area contributed by atoms with Crippen LogP contribution in [-0.2, 0) is 9.84 Å². The van der Waals surface area contributed by atoms with Crippen LogP contribution in [0.5, 0.6) is 5.75 Å². The zero-order valence-corrected chi connectivity index (χ0v) is 12.2. The first-order chi connectivity index (χ1) is 8.65. The number of benzene rings is 1. The summed E-state index contributed by atoms with van der Waals surface area (Å²) in [4.78, 5) is 0. The largest absolute Gasteiger partial charge is 0.494 e. The first-order valence-electron chi connectivity index (χ1n) is 5.64. The van der Waals surface area contributed by atoms with Gasteiger partial charge in [-0.25, -0.2) is 12.8 Å². The minimum atomic E-state index is -3.39. The van der Waals surface area contributed by atoms with Gasteiger partial charge in [0.25, 0.3) is 0 Å². The SMILES string of the molecule is COc1ccc(C(NN)C(C)(C)S(C)(=O)=O)cc1F. The molecular formula is C12H19FN2O3S. The van der Waals surface area contributed by atoms with Crippen molar-refractivity contribution in [3.05, 3.63) is 29.6 Å². The lowest BCUT2D eigenvalue weighted by Gasteiger charge is -2.32. The van der Waals surface area contributed by atoms with Crippen LogP contribution in [0.25, 0.3) is 0 Å². The zero-order valence-electron chi connectivity index (χ0n) is 11.4. The zero-order chi connectivity index (χ0) is 14.8. The van der Waals surface area contributed by atoms with Crippen LogP contribution in [0.1, 0.15) is 25.5 Å². The molecule has 0 bridgehead atoms. The second-order valence-electron chi connectivity index (χ2n) is 4.87. The van der Waals surface area contributed by atoms with Gasteiger partial charge in [-0.05, 0) is 31.5 Å². The van der Waals surface area contributed by atoms with E-state index in [0.717, 1.165) is 6.26 Å². The van der Waals surface area contributed by atoms with Crippen molar-refractivity contribution in [1.82, 2.24) is 5.43 Å². The smallest absolute Gasteiger partial charge is 0.165 e. The van der Waals surface area contributed by atoms with Gasteiger partial charge in [0.1, 0.15) is 0 Å². The highest BCUT2D eigenvalue weighted by atomic mass is 32.2. The van der Waals surface area contributed by atoms with E-state index in [1.165, 1.54) is 33.1 Å². The van der Waals surface area contributed by atoms with Crippen LogP contribution in [-0.4, -0.2) is 26.5 Å². The van der Waals surface area contributed by atoms with Crippen LogP contribution >= 0.6 is 0 Å². The normalized spacial score (nSPS) is 14.2. The maximum atomic E-state index is 13.7. The Bertz CT molecular complexity index is 558. The summed E-state index contributed by atoms with van der Waals surface area (Å²) in [5.74, 6) is 4.97. The highest BCUT2D eigenvalue weighted by molar-refractivity contribution is 7.92. The second-order valence-corrected chi connectivity index (χ2v) is 7.47. The second kappa shape index (κ2) is 5.44. The van der Waals surface area contributed by atoms with Crippen molar-refractivity contribution >= 4 is 9.84 Å². The van der Waals surface area contributed by atoms with Gasteiger partial charge in [-0.1, -0.05) is 6.07 Å². The van der Waals surface area contributed by atoms with Crippen molar-refractivity contribution in [3.63, 3.8) is 0 Å².